The Morgan fingerprint density at radius 3 is 2.45 bits per heavy atom. The van der Waals surface area contributed by atoms with Crippen LogP contribution in [0.5, 0.6) is 0 Å². The Bertz CT molecular complexity index is 1250. The van der Waals surface area contributed by atoms with Crippen LogP contribution in [0, 0.1) is 6.92 Å². The average Bonchev–Trinajstić information content (AvgIpc) is 3.30. The Morgan fingerprint density at radius 2 is 1.68 bits per heavy atom. The van der Waals surface area contributed by atoms with Crippen LogP contribution < -0.4 is 24.8 Å². The van der Waals surface area contributed by atoms with Gasteiger partial charge in [0.05, 0.1) is 0 Å². The van der Waals surface area contributed by atoms with Crippen LogP contribution in [0.2, 0.25) is 0 Å². The summed E-state index contributed by atoms with van der Waals surface area (Å²) in [5.41, 5.74) is 16.7. The zero-order chi connectivity index (χ0) is 19.7. The number of aryl methyl sites for hydroxylation is 1. The number of hydrogen-bond acceptors (Lipinski definition) is 0. The molecule has 0 saturated heterocycles. The van der Waals surface area contributed by atoms with Gasteiger partial charge >= 0.3 is 189 Å². The van der Waals surface area contributed by atoms with Gasteiger partial charge in [0.1, 0.15) is 0 Å². The van der Waals surface area contributed by atoms with E-state index in [9.17, 15) is 0 Å². The van der Waals surface area contributed by atoms with Gasteiger partial charge in [0.15, 0.2) is 0 Å². The quantitative estimate of drug-likeness (QED) is 0.383. The van der Waals surface area contributed by atoms with E-state index in [4.69, 9.17) is 0 Å². The molecule has 0 spiro atoms. The number of allylic oxidation sites excluding steroid dienone is 4. The Balaban J connectivity index is 0.00000116. The maximum atomic E-state index is 2.55. The fourth-order valence-corrected chi connectivity index (χ4v) is 7.64. The standard InChI is InChI=1S/C28H23.2ClH.Hf/c1-17-7-5-9-19(13-17)21-11-6-12-23(21)25-16-24-22-10-4-3-8-20(22)15-27(24)28-18(2)14-26(25)28;;;/h3-11,13,15-16,18H,12,14H2,1-2H3;2*1H;/q;;;+2/p-2. The molecule has 0 bridgehead atoms. The molecule has 3 aromatic carbocycles. The van der Waals surface area contributed by atoms with Crippen molar-refractivity contribution in [3.05, 3.63) is 106 Å². The van der Waals surface area contributed by atoms with E-state index in [1.807, 2.05) is 0 Å². The van der Waals surface area contributed by atoms with Crippen LogP contribution in [-0.4, -0.2) is 0 Å². The minimum Gasteiger partial charge on any atom is -1.00 e. The molecule has 0 radical (unpaired) electrons. The monoisotopic (exact) mass is 609 g/mol. The summed E-state index contributed by atoms with van der Waals surface area (Å²) in [7, 11) is 0. The fraction of sp³-hybridized carbons (Fsp3) is 0.214. The van der Waals surface area contributed by atoms with Gasteiger partial charge in [-0.1, -0.05) is 0 Å². The summed E-state index contributed by atoms with van der Waals surface area (Å²) >= 11 is 1.19. The van der Waals surface area contributed by atoms with Crippen LogP contribution in [0.25, 0.3) is 22.3 Å². The zero-order valence-electron chi connectivity index (χ0n) is 17.7. The topological polar surface area (TPSA) is 0 Å². The summed E-state index contributed by atoms with van der Waals surface area (Å²) in [6.07, 6.45) is 6.97. The summed E-state index contributed by atoms with van der Waals surface area (Å²) in [4.78, 5) is 0. The van der Waals surface area contributed by atoms with E-state index in [1.54, 1.807) is 22.3 Å². The third-order valence-electron chi connectivity index (χ3n) is 6.96. The first-order valence-electron chi connectivity index (χ1n) is 10.6. The van der Waals surface area contributed by atoms with E-state index in [0.29, 0.717) is 9.59 Å². The molecule has 0 amide bonds. The van der Waals surface area contributed by atoms with E-state index in [0.717, 1.165) is 6.42 Å². The Labute approximate surface area is 212 Å². The molecule has 3 aliphatic rings. The average molecular weight is 609 g/mol. The van der Waals surface area contributed by atoms with Crippen LogP contribution in [0.3, 0.4) is 0 Å². The zero-order valence-corrected chi connectivity index (χ0v) is 22.8. The van der Waals surface area contributed by atoms with Gasteiger partial charge in [0.2, 0.25) is 0 Å². The number of halogens is 2. The normalized spacial score (nSPS) is 19.7. The second kappa shape index (κ2) is 8.50. The van der Waals surface area contributed by atoms with Gasteiger partial charge in [-0.3, -0.25) is 0 Å². The molecule has 0 heterocycles. The molecule has 0 aromatic heterocycles. The van der Waals surface area contributed by atoms with Crippen molar-refractivity contribution in [3.63, 3.8) is 0 Å². The van der Waals surface area contributed by atoms with Gasteiger partial charge in [0, 0.05) is 0 Å². The van der Waals surface area contributed by atoms with Gasteiger partial charge in [-0.2, -0.15) is 0 Å². The van der Waals surface area contributed by atoms with Gasteiger partial charge in [-0.25, -0.2) is 0 Å². The van der Waals surface area contributed by atoms with Gasteiger partial charge < -0.3 is 24.8 Å². The fourth-order valence-electron chi connectivity index (χ4n) is 5.62. The van der Waals surface area contributed by atoms with Crippen molar-refractivity contribution >= 4 is 11.1 Å². The molecule has 6 rings (SSSR count). The molecule has 3 aromatic rings. The van der Waals surface area contributed by atoms with Crippen molar-refractivity contribution in [1.82, 2.24) is 0 Å². The minimum atomic E-state index is 0. The van der Waals surface area contributed by atoms with Crippen LogP contribution in [0.15, 0.2) is 66.7 Å². The largest absolute Gasteiger partial charge is 1.00 e. The van der Waals surface area contributed by atoms with Crippen LogP contribution >= 0.6 is 0 Å². The second-order valence-corrected chi connectivity index (χ2v) is 10.8. The molecule has 153 valence electrons. The van der Waals surface area contributed by atoms with Crippen molar-refractivity contribution in [2.45, 2.75) is 36.3 Å². The van der Waals surface area contributed by atoms with E-state index in [2.05, 4.69) is 80.6 Å². The number of hydrogen-bond donors (Lipinski definition) is 0. The van der Waals surface area contributed by atoms with Crippen LogP contribution in [0.1, 0.15) is 61.9 Å². The molecule has 0 N–H and O–H groups in total. The van der Waals surface area contributed by atoms with Crippen molar-refractivity contribution in [2.75, 3.05) is 0 Å². The smallest absolute Gasteiger partial charge is 1.00 e. The summed E-state index contributed by atoms with van der Waals surface area (Å²) in [5, 5.41) is 0. The third-order valence-corrected chi connectivity index (χ3v) is 9.11. The first kappa shape index (κ1) is 22.8. The molecule has 2 unspecified atom stereocenters. The van der Waals surface area contributed by atoms with E-state index in [1.165, 1.54) is 69.8 Å². The Kier molecular flexibility index (Phi) is 6.25. The van der Waals surface area contributed by atoms with Gasteiger partial charge in [-0.05, 0) is 0 Å². The van der Waals surface area contributed by atoms with E-state index < -0.39 is 0 Å². The molecule has 0 aliphatic heterocycles. The Hall–Kier alpha value is -1.41. The number of rotatable bonds is 2. The molecule has 0 fully saturated rings. The molecule has 2 atom stereocenters. The molecule has 0 nitrogen and oxygen atoms in total. The predicted octanol–water partition coefficient (Wildman–Crippen LogP) is 1.15. The van der Waals surface area contributed by atoms with Crippen LogP contribution in [-0.2, 0) is 30.8 Å². The SMILES string of the molecule is Cc1cccc(C2=C(c3cc4c(c5c3CC5C)[CH]([Hf+2])c3ccccc3-4)CC=C2)c1.[Cl-].[Cl-]. The summed E-state index contributed by atoms with van der Waals surface area (Å²) in [5.74, 6) is 0.696. The second-order valence-electron chi connectivity index (χ2n) is 8.77. The number of fused-ring (bicyclic) bond motifs is 5. The summed E-state index contributed by atoms with van der Waals surface area (Å²) in [6.45, 7) is 4.61. The number of benzene rings is 3. The van der Waals surface area contributed by atoms with E-state index in [-0.39, 0.29) is 24.8 Å². The first-order valence-corrected chi connectivity index (χ1v) is 12.7. The maximum absolute atomic E-state index is 2.55. The molecular formula is C28H23Cl2Hf. The molecule has 31 heavy (non-hydrogen) atoms. The van der Waals surface area contributed by atoms with Crippen molar-refractivity contribution < 1.29 is 49.2 Å². The molecule has 0 saturated carbocycles. The van der Waals surface area contributed by atoms with Gasteiger partial charge in [0.25, 0.3) is 0 Å². The molecular weight excluding hydrogens is 586 g/mol. The van der Waals surface area contributed by atoms with Crippen LogP contribution in [0.4, 0.5) is 0 Å². The maximum Gasteiger partial charge on any atom is -1.00 e. The third kappa shape index (κ3) is 3.36. The Morgan fingerprint density at radius 1 is 0.871 bits per heavy atom. The molecule has 3 heteroatoms. The van der Waals surface area contributed by atoms with Crippen molar-refractivity contribution in [1.29, 1.82) is 0 Å². The first-order chi connectivity index (χ1) is 14.1. The van der Waals surface area contributed by atoms with Gasteiger partial charge in [-0.15, -0.1) is 0 Å². The molecule has 3 aliphatic carbocycles. The van der Waals surface area contributed by atoms with E-state index >= 15 is 0 Å². The summed E-state index contributed by atoms with van der Waals surface area (Å²) in [6, 6.07) is 20.6. The summed E-state index contributed by atoms with van der Waals surface area (Å²) < 4.78 is 0.652. The van der Waals surface area contributed by atoms with Crippen molar-refractivity contribution in [2.24, 2.45) is 0 Å². The minimum absolute atomic E-state index is 0. The predicted molar refractivity (Wildman–Crippen MR) is 118 cm³/mol. The van der Waals surface area contributed by atoms with Crippen molar-refractivity contribution in [3.8, 4) is 11.1 Å².